The van der Waals surface area contributed by atoms with Gasteiger partial charge in [-0.05, 0) is 92.3 Å². The highest BCUT2D eigenvalue weighted by Crippen LogP contribution is 2.66. The van der Waals surface area contributed by atoms with Gasteiger partial charge in [-0.2, -0.15) is 0 Å². The van der Waals surface area contributed by atoms with E-state index in [0.29, 0.717) is 16.7 Å². The summed E-state index contributed by atoms with van der Waals surface area (Å²) in [5.41, 5.74) is 2.25. The molecule has 2 nitrogen and oxygen atoms in total. The van der Waals surface area contributed by atoms with Crippen LogP contribution < -0.4 is 0 Å². The molecule has 0 radical (unpaired) electrons. The fourth-order valence-corrected chi connectivity index (χ4v) is 8.30. The van der Waals surface area contributed by atoms with Gasteiger partial charge in [-0.3, -0.25) is 0 Å². The van der Waals surface area contributed by atoms with Gasteiger partial charge < -0.3 is 10.2 Å². The summed E-state index contributed by atoms with van der Waals surface area (Å²) in [6, 6.07) is 0. The van der Waals surface area contributed by atoms with Gasteiger partial charge in [0.25, 0.3) is 0 Å². The summed E-state index contributed by atoms with van der Waals surface area (Å²) in [4.78, 5) is 0. The SMILES string of the molecule is CC.CCCCCC[C@H](O)C1CCC2C3CC=C4C[C@@H](O)CC[C@]4(C)C3CCC21C. The molecule has 2 heteroatoms. The van der Waals surface area contributed by atoms with Crippen LogP contribution in [0.2, 0.25) is 0 Å². The van der Waals surface area contributed by atoms with Gasteiger partial charge in [-0.15, -0.1) is 0 Å². The second-order valence-corrected chi connectivity index (χ2v) is 11.3. The number of aliphatic hydroxyl groups excluding tert-OH is 2. The molecule has 174 valence electrons. The third-order valence-electron chi connectivity index (χ3n) is 9.97. The Morgan fingerprint density at radius 2 is 1.77 bits per heavy atom. The molecule has 0 saturated heterocycles. The quantitative estimate of drug-likeness (QED) is 0.351. The zero-order valence-electron chi connectivity index (χ0n) is 20.6. The second-order valence-electron chi connectivity index (χ2n) is 11.3. The molecule has 0 aliphatic heterocycles. The van der Waals surface area contributed by atoms with Crippen molar-refractivity contribution in [1.29, 1.82) is 0 Å². The molecule has 5 unspecified atom stereocenters. The predicted molar refractivity (Wildman–Crippen MR) is 127 cm³/mol. The van der Waals surface area contributed by atoms with Gasteiger partial charge in [0.15, 0.2) is 0 Å². The normalized spacial score (nSPS) is 43.4. The molecular weight excluding hydrogens is 368 g/mol. The minimum Gasteiger partial charge on any atom is -0.393 e. The van der Waals surface area contributed by atoms with Crippen LogP contribution in [0.4, 0.5) is 0 Å². The van der Waals surface area contributed by atoms with E-state index in [0.717, 1.165) is 37.0 Å². The highest BCUT2D eigenvalue weighted by molar-refractivity contribution is 5.25. The van der Waals surface area contributed by atoms with E-state index in [-0.39, 0.29) is 12.2 Å². The van der Waals surface area contributed by atoms with E-state index in [4.69, 9.17) is 0 Å². The first kappa shape index (κ1) is 24.3. The number of hydrogen-bond acceptors (Lipinski definition) is 2. The molecule has 4 aliphatic rings. The fourth-order valence-electron chi connectivity index (χ4n) is 8.30. The first-order valence-corrected chi connectivity index (χ1v) is 13.5. The number of unbranched alkanes of at least 4 members (excludes halogenated alkanes) is 3. The zero-order valence-corrected chi connectivity index (χ0v) is 20.6. The zero-order chi connectivity index (χ0) is 21.9. The van der Waals surface area contributed by atoms with Gasteiger partial charge >= 0.3 is 0 Å². The average molecular weight is 419 g/mol. The Kier molecular flexibility index (Phi) is 8.16. The molecule has 0 heterocycles. The largest absolute Gasteiger partial charge is 0.393 e. The van der Waals surface area contributed by atoms with Crippen molar-refractivity contribution in [2.24, 2.45) is 34.5 Å². The molecule has 0 aromatic heterocycles. The van der Waals surface area contributed by atoms with E-state index in [1.54, 1.807) is 5.57 Å². The van der Waals surface area contributed by atoms with Crippen LogP contribution in [0.1, 0.15) is 118 Å². The van der Waals surface area contributed by atoms with Crippen LogP contribution in [0.15, 0.2) is 11.6 Å². The van der Waals surface area contributed by atoms with Crippen molar-refractivity contribution >= 4 is 0 Å². The lowest BCUT2D eigenvalue weighted by molar-refractivity contribution is -0.0716. The summed E-state index contributed by atoms with van der Waals surface area (Å²) in [5.74, 6) is 2.92. The summed E-state index contributed by atoms with van der Waals surface area (Å²) < 4.78 is 0. The molecule has 0 bridgehead atoms. The molecule has 0 spiro atoms. The summed E-state index contributed by atoms with van der Waals surface area (Å²) in [7, 11) is 0. The van der Waals surface area contributed by atoms with E-state index in [9.17, 15) is 10.2 Å². The van der Waals surface area contributed by atoms with Gasteiger partial charge in [0.05, 0.1) is 12.2 Å². The molecule has 3 fully saturated rings. The Labute approximate surface area is 186 Å². The second kappa shape index (κ2) is 10.1. The van der Waals surface area contributed by atoms with Crippen molar-refractivity contribution in [2.75, 3.05) is 0 Å². The fraction of sp³-hybridized carbons (Fsp3) is 0.929. The highest BCUT2D eigenvalue weighted by Gasteiger charge is 2.59. The van der Waals surface area contributed by atoms with E-state index in [1.807, 2.05) is 13.8 Å². The lowest BCUT2D eigenvalue weighted by Gasteiger charge is -2.58. The maximum Gasteiger partial charge on any atom is 0.0577 e. The van der Waals surface area contributed by atoms with Gasteiger partial charge in [0.1, 0.15) is 0 Å². The Bertz CT molecular complexity index is 583. The average Bonchev–Trinajstić information content (AvgIpc) is 3.10. The maximum atomic E-state index is 11.1. The van der Waals surface area contributed by atoms with Gasteiger partial charge in [-0.1, -0.05) is 72.0 Å². The molecule has 0 aromatic rings. The lowest BCUT2D eigenvalue weighted by Crippen LogP contribution is -2.51. The van der Waals surface area contributed by atoms with E-state index >= 15 is 0 Å². The van der Waals surface area contributed by atoms with Crippen LogP contribution in [0, 0.1) is 34.5 Å². The lowest BCUT2D eigenvalue weighted by atomic mass is 9.47. The Balaban J connectivity index is 0.00000124. The van der Waals surface area contributed by atoms with Crippen LogP contribution in [0.3, 0.4) is 0 Å². The standard InChI is InChI=1S/C26H44O2.C2H6/c1-4-5-6-7-8-24(28)23-12-11-21-20-10-9-18-17-19(27)13-15-25(18,2)22(20)14-16-26(21,23)3;1-2/h9,19-24,27-28H,4-8,10-17H2,1-3H3;1-2H3/t19-,20?,21?,22?,23?,24-,25-,26?;/m0./s1. The van der Waals surface area contributed by atoms with Crippen molar-refractivity contribution in [1.82, 2.24) is 0 Å². The van der Waals surface area contributed by atoms with Crippen molar-refractivity contribution in [2.45, 2.75) is 130 Å². The number of aliphatic hydroxyl groups is 2. The summed E-state index contributed by atoms with van der Waals surface area (Å²) in [6.07, 6.45) is 17.9. The molecule has 8 atom stereocenters. The maximum absolute atomic E-state index is 11.1. The summed E-state index contributed by atoms with van der Waals surface area (Å²) in [5, 5.41) is 21.3. The van der Waals surface area contributed by atoms with Crippen LogP contribution in [0.5, 0.6) is 0 Å². The molecule has 0 amide bonds. The third kappa shape index (κ3) is 4.29. The van der Waals surface area contributed by atoms with Crippen LogP contribution >= 0.6 is 0 Å². The van der Waals surface area contributed by atoms with E-state index < -0.39 is 0 Å². The minimum atomic E-state index is -0.108. The number of allylic oxidation sites excluding steroid dienone is 1. The van der Waals surface area contributed by atoms with Crippen LogP contribution in [-0.4, -0.2) is 22.4 Å². The van der Waals surface area contributed by atoms with Crippen molar-refractivity contribution in [3.63, 3.8) is 0 Å². The van der Waals surface area contributed by atoms with Gasteiger partial charge in [0, 0.05) is 0 Å². The first-order valence-electron chi connectivity index (χ1n) is 13.5. The molecule has 2 N–H and O–H groups in total. The molecule has 30 heavy (non-hydrogen) atoms. The predicted octanol–water partition coefficient (Wildman–Crippen LogP) is 7.28. The van der Waals surface area contributed by atoms with Crippen molar-refractivity contribution in [3.8, 4) is 0 Å². The smallest absolute Gasteiger partial charge is 0.0577 e. The number of fused-ring (bicyclic) bond motifs is 5. The molecule has 3 saturated carbocycles. The monoisotopic (exact) mass is 418 g/mol. The number of rotatable bonds is 6. The Morgan fingerprint density at radius 1 is 1.00 bits per heavy atom. The molecular formula is C28H50O2. The minimum absolute atomic E-state index is 0.0847. The number of hydrogen-bond donors (Lipinski definition) is 2. The summed E-state index contributed by atoms with van der Waals surface area (Å²) >= 11 is 0. The van der Waals surface area contributed by atoms with Crippen molar-refractivity contribution in [3.05, 3.63) is 11.6 Å². The molecule has 0 aromatic carbocycles. The topological polar surface area (TPSA) is 40.5 Å². The molecule has 4 aliphatic carbocycles. The Hall–Kier alpha value is -0.340. The highest BCUT2D eigenvalue weighted by atomic mass is 16.3. The first-order chi connectivity index (χ1) is 14.4. The van der Waals surface area contributed by atoms with Gasteiger partial charge in [0.2, 0.25) is 0 Å². The van der Waals surface area contributed by atoms with E-state index in [1.165, 1.54) is 64.2 Å². The van der Waals surface area contributed by atoms with Crippen LogP contribution in [0.25, 0.3) is 0 Å². The summed E-state index contributed by atoms with van der Waals surface area (Å²) in [6.45, 7) is 11.3. The van der Waals surface area contributed by atoms with Gasteiger partial charge in [-0.25, -0.2) is 0 Å². The molecule has 4 rings (SSSR count). The van der Waals surface area contributed by atoms with Crippen LogP contribution in [-0.2, 0) is 0 Å². The Morgan fingerprint density at radius 3 is 2.50 bits per heavy atom. The third-order valence-corrected chi connectivity index (χ3v) is 9.97. The van der Waals surface area contributed by atoms with Crippen molar-refractivity contribution < 1.29 is 10.2 Å². The van der Waals surface area contributed by atoms with E-state index in [2.05, 4.69) is 26.8 Å².